The minimum atomic E-state index is -0.131. The molecule has 0 bridgehead atoms. The molecule has 158 valence electrons. The van der Waals surface area contributed by atoms with Crippen LogP contribution in [0.5, 0.6) is 0 Å². The monoisotopic (exact) mass is 410 g/mol. The molecule has 0 radical (unpaired) electrons. The van der Waals surface area contributed by atoms with Crippen LogP contribution >= 0.6 is 0 Å². The van der Waals surface area contributed by atoms with E-state index in [1.54, 1.807) is 15.6 Å². The van der Waals surface area contributed by atoms with Crippen molar-refractivity contribution >= 4 is 5.91 Å². The zero-order valence-corrected chi connectivity index (χ0v) is 17.0. The highest BCUT2D eigenvalue weighted by molar-refractivity contribution is 5.75. The number of benzene rings is 1. The Hall–Kier alpha value is -3.11. The molecule has 1 fully saturated rings. The van der Waals surface area contributed by atoms with Gasteiger partial charge < -0.3 is 10.1 Å². The molecule has 0 unspecified atom stereocenters. The van der Waals surface area contributed by atoms with E-state index in [2.05, 4.69) is 43.0 Å². The average Bonchev–Trinajstić information content (AvgIpc) is 3.39. The number of morpholine rings is 1. The van der Waals surface area contributed by atoms with Crippen molar-refractivity contribution in [3.8, 4) is 0 Å². The Kier molecular flexibility index (Phi) is 6.45. The molecule has 0 spiro atoms. The summed E-state index contributed by atoms with van der Waals surface area (Å²) >= 11 is 0. The van der Waals surface area contributed by atoms with Crippen LogP contribution in [0, 0.1) is 0 Å². The molecule has 1 atom stereocenters. The number of nitrogens with zero attached hydrogens (tertiary/aromatic N) is 7. The third kappa shape index (κ3) is 4.89. The molecular formula is C20H26N8O2. The van der Waals surface area contributed by atoms with Gasteiger partial charge in [0.25, 0.3) is 0 Å². The summed E-state index contributed by atoms with van der Waals surface area (Å²) in [4.78, 5) is 14.8. The minimum absolute atomic E-state index is 0.0725. The summed E-state index contributed by atoms with van der Waals surface area (Å²) in [5.41, 5.74) is 2.17. The maximum absolute atomic E-state index is 12.5. The van der Waals surface area contributed by atoms with Gasteiger partial charge in [0.1, 0.15) is 6.54 Å². The number of carbonyl (C=O) groups is 1. The van der Waals surface area contributed by atoms with Gasteiger partial charge in [-0.05, 0) is 28.0 Å². The van der Waals surface area contributed by atoms with E-state index in [-0.39, 0.29) is 18.5 Å². The molecule has 1 aromatic carbocycles. The molecule has 0 aliphatic carbocycles. The van der Waals surface area contributed by atoms with Crippen molar-refractivity contribution in [2.45, 2.75) is 19.0 Å². The number of nitrogens with one attached hydrogen (secondary N) is 1. The summed E-state index contributed by atoms with van der Waals surface area (Å²) in [5, 5.41) is 19.3. The van der Waals surface area contributed by atoms with Crippen LogP contribution in [0.15, 0.2) is 42.7 Å². The van der Waals surface area contributed by atoms with E-state index >= 15 is 0 Å². The lowest BCUT2D eigenvalue weighted by molar-refractivity contribution is -0.121. The third-order valence-electron chi connectivity index (χ3n) is 5.12. The van der Waals surface area contributed by atoms with Gasteiger partial charge >= 0.3 is 0 Å². The van der Waals surface area contributed by atoms with Crippen molar-refractivity contribution in [2.24, 2.45) is 7.05 Å². The van der Waals surface area contributed by atoms with E-state index < -0.39 is 0 Å². The molecule has 1 N–H and O–H groups in total. The van der Waals surface area contributed by atoms with Crippen molar-refractivity contribution in [3.63, 3.8) is 0 Å². The molecular weight excluding hydrogens is 384 g/mol. The number of amides is 1. The summed E-state index contributed by atoms with van der Waals surface area (Å²) in [5.74, 6) is 0.534. The molecule has 4 rings (SSSR count). The molecule has 1 amide bonds. The quantitative estimate of drug-likeness (QED) is 0.565. The predicted molar refractivity (Wildman–Crippen MR) is 108 cm³/mol. The Bertz CT molecular complexity index is 949. The number of aryl methyl sites for hydroxylation is 1. The third-order valence-corrected chi connectivity index (χ3v) is 5.12. The van der Waals surface area contributed by atoms with Crippen molar-refractivity contribution in [1.82, 2.24) is 40.2 Å². The van der Waals surface area contributed by atoms with Gasteiger partial charge in [-0.25, -0.2) is 4.68 Å². The van der Waals surface area contributed by atoms with Gasteiger partial charge in [0.05, 0.1) is 25.5 Å². The highest BCUT2D eigenvalue weighted by Gasteiger charge is 2.29. The van der Waals surface area contributed by atoms with E-state index in [4.69, 9.17) is 4.74 Å². The first-order valence-electron chi connectivity index (χ1n) is 10.1. The van der Waals surface area contributed by atoms with Crippen LogP contribution in [-0.4, -0.2) is 73.6 Å². The Balaban J connectivity index is 1.45. The zero-order chi connectivity index (χ0) is 20.8. The van der Waals surface area contributed by atoms with Crippen LogP contribution in [0.1, 0.15) is 23.0 Å². The number of carbonyl (C=O) groups excluding carboxylic acids is 1. The summed E-state index contributed by atoms with van der Waals surface area (Å²) in [7, 11) is 1.87. The van der Waals surface area contributed by atoms with Gasteiger partial charge in [0.15, 0.2) is 5.82 Å². The molecule has 1 saturated heterocycles. The van der Waals surface area contributed by atoms with Gasteiger partial charge in [-0.1, -0.05) is 30.3 Å². The number of tetrazole rings is 1. The van der Waals surface area contributed by atoms with Crippen LogP contribution in [0.2, 0.25) is 0 Å². The number of rotatable bonds is 8. The second-order valence-corrected chi connectivity index (χ2v) is 7.28. The van der Waals surface area contributed by atoms with Crippen molar-refractivity contribution < 1.29 is 9.53 Å². The topological polar surface area (TPSA) is 103 Å². The van der Waals surface area contributed by atoms with Gasteiger partial charge in [-0.15, -0.1) is 5.10 Å². The van der Waals surface area contributed by atoms with Crippen LogP contribution < -0.4 is 5.32 Å². The first kappa shape index (κ1) is 20.2. The van der Waals surface area contributed by atoms with E-state index in [0.717, 1.165) is 30.6 Å². The summed E-state index contributed by atoms with van der Waals surface area (Å²) in [6, 6.07) is 9.98. The van der Waals surface area contributed by atoms with E-state index in [1.165, 1.54) is 0 Å². The number of aromatic nitrogens is 6. The molecule has 2 aromatic heterocycles. The molecule has 3 aromatic rings. The Labute approximate surface area is 174 Å². The Morgan fingerprint density at radius 1 is 1.23 bits per heavy atom. The van der Waals surface area contributed by atoms with Crippen molar-refractivity contribution in [2.75, 3.05) is 32.8 Å². The average molecular weight is 410 g/mol. The normalized spacial score (nSPS) is 15.8. The Morgan fingerprint density at radius 3 is 2.77 bits per heavy atom. The number of hydrogen-bond acceptors (Lipinski definition) is 7. The van der Waals surface area contributed by atoms with E-state index in [9.17, 15) is 4.79 Å². The first-order valence-corrected chi connectivity index (χ1v) is 10.1. The van der Waals surface area contributed by atoms with Crippen LogP contribution in [-0.2, 0) is 29.5 Å². The fourth-order valence-corrected chi connectivity index (χ4v) is 3.65. The highest BCUT2D eigenvalue weighted by Crippen LogP contribution is 2.27. The standard InChI is InChI=1S/C20H26N8O2/c1-26-14-16(13-22-26)7-8-21-18(29)15-28-20(23-24-25-28)19(17-5-3-2-4-6-17)27-9-11-30-12-10-27/h2-6,13-14,19H,7-12,15H2,1H3,(H,21,29)/t19-/m0/s1. The van der Waals surface area contributed by atoms with Crippen LogP contribution in [0.4, 0.5) is 0 Å². The summed E-state index contributed by atoms with van der Waals surface area (Å²) in [6.45, 7) is 3.50. The van der Waals surface area contributed by atoms with Crippen LogP contribution in [0.25, 0.3) is 0 Å². The molecule has 1 aliphatic heterocycles. The smallest absolute Gasteiger partial charge is 0.241 e. The fraction of sp³-hybridized carbons (Fsp3) is 0.450. The second kappa shape index (κ2) is 9.59. The van der Waals surface area contributed by atoms with Gasteiger partial charge in [0, 0.05) is 32.9 Å². The zero-order valence-electron chi connectivity index (χ0n) is 17.0. The molecule has 3 heterocycles. The number of ether oxygens (including phenoxy) is 1. The lowest BCUT2D eigenvalue weighted by Gasteiger charge is -2.33. The molecule has 1 aliphatic rings. The lowest BCUT2D eigenvalue weighted by atomic mass is 10.0. The maximum Gasteiger partial charge on any atom is 0.241 e. The molecule has 0 saturated carbocycles. The molecule has 30 heavy (non-hydrogen) atoms. The molecule has 10 heteroatoms. The maximum atomic E-state index is 12.5. The van der Waals surface area contributed by atoms with Gasteiger partial charge in [-0.2, -0.15) is 5.10 Å². The molecule has 10 nitrogen and oxygen atoms in total. The van der Waals surface area contributed by atoms with Crippen molar-refractivity contribution in [1.29, 1.82) is 0 Å². The fourth-order valence-electron chi connectivity index (χ4n) is 3.65. The summed E-state index contributed by atoms with van der Waals surface area (Å²) < 4.78 is 8.85. The largest absolute Gasteiger partial charge is 0.379 e. The van der Waals surface area contributed by atoms with Crippen LogP contribution in [0.3, 0.4) is 0 Å². The lowest BCUT2D eigenvalue weighted by Crippen LogP contribution is -2.41. The minimum Gasteiger partial charge on any atom is -0.379 e. The van der Waals surface area contributed by atoms with E-state index in [1.807, 2.05) is 31.4 Å². The Morgan fingerprint density at radius 2 is 2.03 bits per heavy atom. The van der Waals surface area contributed by atoms with Crippen molar-refractivity contribution in [3.05, 3.63) is 59.7 Å². The highest BCUT2D eigenvalue weighted by atomic mass is 16.5. The van der Waals surface area contributed by atoms with Gasteiger partial charge in [-0.3, -0.25) is 14.4 Å². The first-order chi connectivity index (χ1) is 14.7. The predicted octanol–water partition coefficient (Wildman–Crippen LogP) is 0.187. The second-order valence-electron chi connectivity index (χ2n) is 7.28. The summed E-state index contributed by atoms with van der Waals surface area (Å²) in [6.07, 6.45) is 4.47. The van der Waals surface area contributed by atoms with E-state index in [0.29, 0.717) is 25.6 Å². The number of hydrogen-bond donors (Lipinski definition) is 1. The van der Waals surface area contributed by atoms with Gasteiger partial charge in [0.2, 0.25) is 5.91 Å². The SMILES string of the molecule is Cn1cc(CCNC(=O)Cn2nnnc2[C@H](c2ccccc2)N2CCOCC2)cn1.